The molecule has 0 fully saturated rings. The van der Waals surface area contributed by atoms with E-state index in [1.165, 1.54) is 0 Å². The van der Waals surface area contributed by atoms with Crippen LogP contribution in [0.3, 0.4) is 0 Å². The number of hydrogen-bond acceptors (Lipinski definition) is 4. The third kappa shape index (κ3) is 7.71. The molecule has 13 heavy (non-hydrogen) atoms. The molecule has 0 aliphatic heterocycles. The van der Waals surface area contributed by atoms with Gasteiger partial charge in [-0.1, -0.05) is 27.2 Å². The molecule has 0 aliphatic carbocycles. The average molecular weight is 188 g/mol. The molecular weight excluding hydrogens is 168 g/mol. The number of hydrogen-bond donors (Lipinski definition) is 1. The van der Waals surface area contributed by atoms with Crippen LogP contribution in [0.4, 0.5) is 0 Å². The fraction of sp³-hybridized carbons (Fsp3) is 1.00. The minimum atomic E-state index is -0.208. The van der Waals surface area contributed by atoms with Crippen molar-refractivity contribution in [2.24, 2.45) is 11.3 Å². The van der Waals surface area contributed by atoms with Crippen LogP contribution in [-0.2, 0) is 4.84 Å². The highest BCUT2D eigenvalue weighted by atomic mass is 16.7. The highest BCUT2D eigenvalue weighted by Gasteiger charge is 2.08. The van der Waals surface area contributed by atoms with Gasteiger partial charge >= 0.3 is 0 Å². The van der Waals surface area contributed by atoms with Crippen LogP contribution in [-0.4, -0.2) is 12.8 Å². The zero-order valence-electron chi connectivity index (χ0n) is 8.75. The van der Waals surface area contributed by atoms with E-state index in [1.54, 1.807) is 0 Å². The van der Waals surface area contributed by atoms with Crippen LogP contribution in [0, 0.1) is 10.8 Å². The number of unbranched alkanes of at least 4 members (excludes halogenated alkanes) is 1. The Labute approximate surface area is 80.0 Å². The molecule has 0 amide bonds. The average Bonchev–Trinajstić information content (AvgIpc) is 2.09. The zero-order chi connectivity index (χ0) is 10.1. The van der Waals surface area contributed by atoms with E-state index >= 15 is 0 Å². The molecular formula is C9H20N2O2. The maximum atomic E-state index is 9.91. The zero-order valence-corrected chi connectivity index (χ0v) is 8.75. The van der Waals surface area contributed by atoms with Gasteiger partial charge in [-0.05, 0) is 12.3 Å². The van der Waals surface area contributed by atoms with Crippen molar-refractivity contribution in [2.75, 3.05) is 6.54 Å². The summed E-state index contributed by atoms with van der Waals surface area (Å²) in [4.78, 5) is 14.6. The molecule has 0 radical (unpaired) electrons. The molecule has 0 aromatic heterocycles. The van der Waals surface area contributed by atoms with Crippen LogP contribution >= 0.6 is 0 Å². The predicted molar refractivity (Wildman–Crippen MR) is 53.0 cm³/mol. The highest BCUT2D eigenvalue weighted by Crippen LogP contribution is 2.03. The minimum Gasteiger partial charge on any atom is -0.345 e. The second kappa shape index (κ2) is 7.98. The monoisotopic (exact) mass is 188 g/mol. The first-order chi connectivity index (χ1) is 6.20. The van der Waals surface area contributed by atoms with Gasteiger partial charge in [0.1, 0.15) is 0 Å². The molecule has 0 heterocycles. The second-order valence-electron chi connectivity index (χ2n) is 3.61. The molecule has 0 saturated heterocycles. The minimum absolute atomic E-state index is 0.208. The Morgan fingerprint density at radius 3 is 2.62 bits per heavy atom. The van der Waals surface area contributed by atoms with Gasteiger partial charge in [0.25, 0.3) is 0 Å². The largest absolute Gasteiger partial charge is 0.345 e. The molecule has 0 aromatic rings. The number of nitrogens with one attached hydrogen (secondary N) is 1. The molecule has 1 N–H and O–H groups in total. The van der Waals surface area contributed by atoms with Crippen molar-refractivity contribution in [3.05, 3.63) is 4.91 Å². The molecule has 1 unspecified atom stereocenters. The molecule has 0 saturated carbocycles. The van der Waals surface area contributed by atoms with Crippen molar-refractivity contribution < 1.29 is 4.84 Å². The Bertz CT molecular complexity index is 129. The lowest BCUT2D eigenvalue weighted by atomic mass is 10.2. The smallest absolute Gasteiger partial charge is 0.182 e. The summed E-state index contributed by atoms with van der Waals surface area (Å²) in [6, 6.07) is 0. The number of rotatable bonds is 8. The van der Waals surface area contributed by atoms with Gasteiger partial charge < -0.3 is 4.84 Å². The summed E-state index contributed by atoms with van der Waals surface area (Å²) in [5, 5.41) is 5.59. The third-order valence-corrected chi connectivity index (χ3v) is 1.74. The lowest BCUT2D eigenvalue weighted by molar-refractivity contribution is 0.0217. The van der Waals surface area contributed by atoms with Crippen LogP contribution in [0.15, 0.2) is 5.34 Å². The Morgan fingerprint density at radius 1 is 1.46 bits per heavy atom. The summed E-state index contributed by atoms with van der Waals surface area (Å²) in [5.74, 6) is 0.555. The molecule has 4 heteroatoms. The van der Waals surface area contributed by atoms with Gasteiger partial charge in [0.05, 0.1) is 0 Å². The summed E-state index contributed by atoms with van der Waals surface area (Å²) in [6.45, 7) is 7.17. The summed E-state index contributed by atoms with van der Waals surface area (Å²) in [6.07, 6.45) is 2.78. The lowest BCUT2D eigenvalue weighted by Crippen LogP contribution is -2.33. The Morgan fingerprint density at radius 2 is 2.15 bits per heavy atom. The molecule has 4 nitrogen and oxygen atoms in total. The third-order valence-electron chi connectivity index (χ3n) is 1.74. The fourth-order valence-corrected chi connectivity index (χ4v) is 1.00. The van der Waals surface area contributed by atoms with Gasteiger partial charge in [-0.25, -0.2) is 0 Å². The van der Waals surface area contributed by atoms with Crippen LogP contribution in [0.5, 0.6) is 0 Å². The molecule has 0 aromatic carbocycles. The van der Waals surface area contributed by atoms with Gasteiger partial charge in [0, 0.05) is 13.0 Å². The van der Waals surface area contributed by atoms with Crippen molar-refractivity contribution in [1.82, 2.24) is 5.32 Å². The summed E-state index contributed by atoms with van der Waals surface area (Å²) in [5.41, 5.74) is 0. The van der Waals surface area contributed by atoms with E-state index in [9.17, 15) is 4.91 Å². The van der Waals surface area contributed by atoms with Crippen molar-refractivity contribution in [1.29, 1.82) is 0 Å². The first-order valence-electron chi connectivity index (χ1n) is 4.92. The van der Waals surface area contributed by atoms with Crippen molar-refractivity contribution >= 4 is 0 Å². The van der Waals surface area contributed by atoms with Gasteiger partial charge in [0.2, 0.25) is 0 Å². The van der Waals surface area contributed by atoms with Crippen molar-refractivity contribution in [3.8, 4) is 0 Å². The lowest BCUT2D eigenvalue weighted by Gasteiger charge is -2.15. The Balaban J connectivity index is 3.59. The predicted octanol–water partition coefficient (Wildman–Crippen LogP) is 2.45. The van der Waals surface area contributed by atoms with E-state index in [-0.39, 0.29) is 6.23 Å². The van der Waals surface area contributed by atoms with Gasteiger partial charge in [0.15, 0.2) is 11.6 Å². The maximum absolute atomic E-state index is 9.91. The van der Waals surface area contributed by atoms with Crippen LogP contribution < -0.4 is 5.32 Å². The molecule has 1 atom stereocenters. The molecule has 0 bridgehead atoms. The molecule has 0 aliphatic rings. The van der Waals surface area contributed by atoms with Crippen molar-refractivity contribution in [2.45, 2.75) is 46.3 Å². The summed E-state index contributed by atoms with van der Waals surface area (Å²) in [7, 11) is 0. The van der Waals surface area contributed by atoms with E-state index in [0.717, 1.165) is 25.8 Å². The Kier molecular flexibility index (Phi) is 7.59. The molecule has 78 valence electrons. The van der Waals surface area contributed by atoms with E-state index in [4.69, 9.17) is 0 Å². The standard InChI is InChI=1S/C9H20N2O2/c1-4-5-6-9(13-11-12)10-7-8(2)3/h8-10H,4-7H2,1-3H3. The van der Waals surface area contributed by atoms with Crippen LogP contribution in [0.1, 0.15) is 40.0 Å². The first-order valence-corrected chi connectivity index (χ1v) is 4.92. The van der Waals surface area contributed by atoms with E-state index in [2.05, 4.69) is 36.3 Å². The summed E-state index contributed by atoms with van der Waals surface area (Å²) >= 11 is 0. The SMILES string of the molecule is CCCCC(NCC(C)C)ON=O. The fourth-order valence-electron chi connectivity index (χ4n) is 1.00. The molecule has 0 spiro atoms. The summed E-state index contributed by atoms with van der Waals surface area (Å²) < 4.78 is 0. The number of nitrogens with zero attached hydrogens (tertiary/aromatic N) is 1. The first kappa shape index (κ1) is 12.4. The van der Waals surface area contributed by atoms with Crippen LogP contribution in [0.25, 0.3) is 0 Å². The Hall–Kier alpha value is -0.640. The topological polar surface area (TPSA) is 50.7 Å². The van der Waals surface area contributed by atoms with E-state index < -0.39 is 0 Å². The van der Waals surface area contributed by atoms with E-state index in [1.807, 2.05) is 0 Å². The second-order valence-corrected chi connectivity index (χ2v) is 3.61. The van der Waals surface area contributed by atoms with Gasteiger partial charge in [-0.3, -0.25) is 5.32 Å². The van der Waals surface area contributed by atoms with Gasteiger partial charge in [-0.2, -0.15) is 0 Å². The van der Waals surface area contributed by atoms with Crippen molar-refractivity contribution in [3.63, 3.8) is 0 Å². The normalized spacial score (nSPS) is 12.9. The maximum Gasteiger partial charge on any atom is 0.182 e. The quantitative estimate of drug-likeness (QED) is 0.361. The van der Waals surface area contributed by atoms with E-state index in [0.29, 0.717) is 5.92 Å². The van der Waals surface area contributed by atoms with Crippen LogP contribution in [0.2, 0.25) is 0 Å². The highest BCUT2D eigenvalue weighted by molar-refractivity contribution is 4.57. The van der Waals surface area contributed by atoms with Gasteiger partial charge in [-0.15, -0.1) is 4.91 Å². The molecule has 0 rings (SSSR count).